The molecule has 4 heteroatoms. The second kappa shape index (κ2) is 4.72. The highest BCUT2D eigenvalue weighted by Gasteiger charge is 2.55. The Bertz CT molecular complexity index is 428. The molecule has 4 aliphatic carbocycles. The summed E-state index contributed by atoms with van der Waals surface area (Å²) in [5, 5.41) is 14.6. The van der Waals surface area contributed by atoms with Crippen molar-refractivity contribution in [1.82, 2.24) is 5.32 Å². The van der Waals surface area contributed by atoms with E-state index in [9.17, 15) is 14.7 Å². The van der Waals surface area contributed by atoms with Gasteiger partial charge in [-0.2, -0.15) is 0 Å². The summed E-state index contributed by atoms with van der Waals surface area (Å²) in [5.41, 5.74) is -0.829. The van der Waals surface area contributed by atoms with Crippen LogP contribution in [0.3, 0.4) is 0 Å². The predicted molar refractivity (Wildman–Crippen MR) is 77.0 cm³/mol. The largest absolute Gasteiger partial charge is 0.548 e. The van der Waals surface area contributed by atoms with Crippen LogP contribution in [0.4, 0.5) is 0 Å². The fourth-order valence-corrected chi connectivity index (χ4v) is 5.34. The van der Waals surface area contributed by atoms with Gasteiger partial charge in [0, 0.05) is 5.41 Å². The lowest BCUT2D eigenvalue weighted by molar-refractivity contribution is -0.313. The van der Waals surface area contributed by atoms with E-state index in [1.165, 1.54) is 19.3 Å². The average Bonchev–Trinajstić information content (AvgIpc) is 2.31. The number of aliphatic carboxylic acids is 1. The van der Waals surface area contributed by atoms with E-state index in [1.54, 1.807) is 0 Å². The summed E-state index contributed by atoms with van der Waals surface area (Å²) in [4.78, 5) is 24.0. The lowest BCUT2D eigenvalue weighted by atomic mass is 9.47. The van der Waals surface area contributed by atoms with Gasteiger partial charge in [0.25, 0.3) is 0 Å². The zero-order chi connectivity index (χ0) is 15.4. The van der Waals surface area contributed by atoms with Gasteiger partial charge in [-0.1, -0.05) is 20.8 Å². The Kier molecular flexibility index (Phi) is 3.34. The monoisotopic (exact) mass is 292 g/mol. The van der Waals surface area contributed by atoms with Gasteiger partial charge >= 0.3 is 0 Å². The maximum Gasteiger partial charge on any atom is 0.225 e. The summed E-state index contributed by atoms with van der Waals surface area (Å²) < 4.78 is 0. The Morgan fingerprint density at radius 1 is 1.05 bits per heavy atom. The molecule has 21 heavy (non-hydrogen) atoms. The van der Waals surface area contributed by atoms with Crippen molar-refractivity contribution >= 4 is 11.9 Å². The van der Waals surface area contributed by atoms with E-state index in [0.717, 1.165) is 19.3 Å². The molecule has 0 aliphatic heterocycles. The quantitative estimate of drug-likeness (QED) is 0.856. The minimum absolute atomic E-state index is 0.188. The molecule has 1 amide bonds. The zero-order valence-corrected chi connectivity index (χ0v) is 13.3. The SMILES string of the molecule is CC(C)(C)C(=O)N[C@@H](C(=O)[O-])C12CC3CC(CC(C3)C1)C2. The molecule has 0 unspecified atom stereocenters. The summed E-state index contributed by atoms with van der Waals surface area (Å²) >= 11 is 0. The van der Waals surface area contributed by atoms with Crippen LogP contribution in [0.15, 0.2) is 0 Å². The number of carbonyl (C=O) groups is 2. The maximum absolute atomic E-state index is 12.3. The van der Waals surface area contributed by atoms with Crippen LogP contribution in [0.2, 0.25) is 0 Å². The third-order valence-electron chi connectivity index (χ3n) is 5.89. The number of carboxylic acid groups (broad SMARTS) is 1. The Morgan fingerprint density at radius 3 is 1.81 bits per heavy atom. The van der Waals surface area contributed by atoms with Gasteiger partial charge in [0.05, 0.1) is 12.0 Å². The van der Waals surface area contributed by atoms with E-state index in [-0.39, 0.29) is 11.3 Å². The molecule has 1 N–H and O–H groups in total. The van der Waals surface area contributed by atoms with E-state index in [1.807, 2.05) is 20.8 Å². The first kappa shape index (κ1) is 14.9. The number of carbonyl (C=O) groups excluding carboxylic acids is 2. The van der Waals surface area contributed by atoms with E-state index in [4.69, 9.17) is 0 Å². The van der Waals surface area contributed by atoms with Crippen LogP contribution in [0.5, 0.6) is 0 Å². The Labute approximate surface area is 126 Å². The molecule has 118 valence electrons. The van der Waals surface area contributed by atoms with E-state index >= 15 is 0 Å². The molecule has 1 atom stereocenters. The molecule has 4 bridgehead atoms. The molecule has 4 rings (SSSR count). The molecule has 0 spiro atoms. The molecule has 0 aromatic rings. The molecule has 0 aromatic carbocycles. The Balaban J connectivity index is 1.84. The standard InChI is InChI=1S/C17H27NO3/c1-16(2,3)15(21)18-13(14(19)20)17-7-10-4-11(8-17)6-12(5-10)9-17/h10-13H,4-9H2,1-3H3,(H,18,21)(H,19,20)/p-1/t10?,11?,12?,13-,17?/m0/s1. The van der Waals surface area contributed by atoms with Gasteiger partial charge in [-0.05, 0) is 61.7 Å². The first-order chi connectivity index (χ1) is 9.69. The number of nitrogens with one attached hydrogen (secondary N) is 1. The maximum atomic E-state index is 12.3. The van der Waals surface area contributed by atoms with Crippen molar-refractivity contribution in [3.05, 3.63) is 0 Å². The second-order valence-corrected chi connectivity index (χ2v) is 8.76. The lowest BCUT2D eigenvalue weighted by Gasteiger charge is -2.59. The predicted octanol–water partition coefficient (Wildman–Crippen LogP) is 1.48. The van der Waals surface area contributed by atoms with Crippen molar-refractivity contribution in [2.45, 2.75) is 65.3 Å². The molecule has 0 radical (unpaired) electrons. The summed E-state index contributed by atoms with van der Waals surface area (Å²) in [6.45, 7) is 5.44. The van der Waals surface area contributed by atoms with Crippen molar-refractivity contribution < 1.29 is 14.7 Å². The summed E-state index contributed by atoms with van der Waals surface area (Å²) in [6, 6.07) is -0.822. The number of hydrogen-bond acceptors (Lipinski definition) is 3. The lowest BCUT2D eigenvalue weighted by Crippen LogP contribution is -2.63. The van der Waals surface area contributed by atoms with Crippen molar-refractivity contribution in [3.8, 4) is 0 Å². The molecule has 4 aliphatic rings. The van der Waals surface area contributed by atoms with Gasteiger partial charge < -0.3 is 15.2 Å². The first-order valence-corrected chi connectivity index (χ1v) is 8.21. The van der Waals surface area contributed by atoms with Gasteiger partial charge in [-0.15, -0.1) is 0 Å². The molecule has 4 nitrogen and oxygen atoms in total. The minimum atomic E-state index is -1.10. The number of hydrogen-bond donors (Lipinski definition) is 1. The minimum Gasteiger partial charge on any atom is -0.548 e. The molecule has 0 heterocycles. The van der Waals surface area contributed by atoms with Crippen LogP contribution >= 0.6 is 0 Å². The van der Waals surface area contributed by atoms with Crippen molar-refractivity contribution in [2.75, 3.05) is 0 Å². The fraction of sp³-hybridized carbons (Fsp3) is 0.882. The third-order valence-corrected chi connectivity index (χ3v) is 5.89. The van der Waals surface area contributed by atoms with Crippen LogP contribution in [0.1, 0.15) is 59.3 Å². The summed E-state index contributed by atoms with van der Waals surface area (Å²) in [7, 11) is 0. The fourth-order valence-electron chi connectivity index (χ4n) is 5.34. The highest BCUT2D eigenvalue weighted by Crippen LogP contribution is 2.61. The smallest absolute Gasteiger partial charge is 0.225 e. The normalized spacial score (nSPS) is 39.1. The van der Waals surface area contributed by atoms with Crippen LogP contribution in [0, 0.1) is 28.6 Å². The zero-order valence-electron chi connectivity index (χ0n) is 13.3. The summed E-state index contributed by atoms with van der Waals surface area (Å²) in [6.07, 6.45) is 6.61. The molecule has 0 saturated heterocycles. The van der Waals surface area contributed by atoms with E-state index < -0.39 is 17.4 Å². The van der Waals surface area contributed by atoms with Crippen LogP contribution in [-0.4, -0.2) is 17.9 Å². The third kappa shape index (κ3) is 2.58. The van der Waals surface area contributed by atoms with Gasteiger partial charge in [0.1, 0.15) is 0 Å². The van der Waals surface area contributed by atoms with Crippen molar-refractivity contribution in [1.29, 1.82) is 0 Å². The van der Waals surface area contributed by atoms with Gasteiger partial charge in [-0.3, -0.25) is 4.79 Å². The second-order valence-electron chi connectivity index (χ2n) is 8.76. The molecule has 0 aromatic heterocycles. The van der Waals surface area contributed by atoms with Crippen molar-refractivity contribution in [3.63, 3.8) is 0 Å². The van der Waals surface area contributed by atoms with E-state index in [2.05, 4.69) is 5.32 Å². The molecule has 4 saturated carbocycles. The average molecular weight is 292 g/mol. The first-order valence-electron chi connectivity index (χ1n) is 8.21. The molecular weight excluding hydrogens is 266 g/mol. The number of rotatable bonds is 3. The highest BCUT2D eigenvalue weighted by atomic mass is 16.4. The van der Waals surface area contributed by atoms with Crippen molar-refractivity contribution in [2.24, 2.45) is 28.6 Å². The van der Waals surface area contributed by atoms with Crippen LogP contribution in [-0.2, 0) is 9.59 Å². The van der Waals surface area contributed by atoms with Gasteiger partial charge in [0.15, 0.2) is 0 Å². The molecule has 4 fully saturated rings. The van der Waals surface area contributed by atoms with Gasteiger partial charge in [-0.25, -0.2) is 0 Å². The Morgan fingerprint density at radius 2 is 1.48 bits per heavy atom. The summed E-state index contributed by atoms with van der Waals surface area (Å²) in [5.74, 6) is 0.681. The Hall–Kier alpha value is -1.06. The van der Waals surface area contributed by atoms with Crippen LogP contribution < -0.4 is 10.4 Å². The van der Waals surface area contributed by atoms with E-state index in [0.29, 0.717) is 17.8 Å². The van der Waals surface area contributed by atoms with Crippen LogP contribution in [0.25, 0.3) is 0 Å². The topological polar surface area (TPSA) is 69.2 Å². The highest BCUT2D eigenvalue weighted by molar-refractivity contribution is 5.86. The number of carboxylic acids is 1. The number of amides is 1. The van der Waals surface area contributed by atoms with Gasteiger partial charge in [0.2, 0.25) is 5.91 Å². The molecular formula is C17H26NO3-.